The van der Waals surface area contributed by atoms with Gasteiger partial charge in [-0.25, -0.2) is 4.98 Å². The average molecular weight is 259 g/mol. The molecule has 4 heteroatoms. The molecule has 0 bridgehead atoms. The number of hydrogen-bond acceptors (Lipinski definition) is 4. The van der Waals surface area contributed by atoms with Crippen molar-refractivity contribution in [2.24, 2.45) is 0 Å². The summed E-state index contributed by atoms with van der Waals surface area (Å²) in [5, 5.41) is 4.33. The molecule has 1 saturated carbocycles. The quantitative estimate of drug-likeness (QED) is 0.916. The number of nitrogens with two attached hydrogens (primary N) is 1. The molecular weight excluding hydrogens is 242 g/mol. The molecule has 1 fully saturated rings. The lowest BCUT2D eigenvalue weighted by atomic mass is 10.2. The van der Waals surface area contributed by atoms with Gasteiger partial charge in [0.05, 0.1) is 11.9 Å². The molecule has 0 aromatic carbocycles. The molecule has 2 N–H and O–H groups in total. The van der Waals surface area contributed by atoms with Crippen molar-refractivity contribution >= 4 is 22.8 Å². The zero-order valence-corrected chi connectivity index (χ0v) is 11.3. The fourth-order valence-corrected chi connectivity index (χ4v) is 2.73. The van der Waals surface area contributed by atoms with Gasteiger partial charge in [0.15, 0.2) is 0 Å². The zero-order chi connectivity index (χ0) is 12.5. The number of aryl methyl sites for hydroxylation is 1. The monoisotopic (exact) mass is 259 g/mol. The summed E-state index contributed by atoms with van der Waals surface area (Å²) in [5.41, 5.74) is 9.08. The molecule has 3 nitrogen and oxygen atoms in total. The standard InChI is InChI=1S/C14H17N3S/c1-10-6-14(16-7-13(10)15)17(12-2-3-12)8-11-4-5-18-9-11/h4-7,9,12H,2-3,8,15H2,1H3. The van der Waals surface area contributed by atoms with E-state index in [4.69, 9.17) is 5.73 Å². The lowest BCUT2D eigenvalue weighted by Crippen LogP contribution is -2.25. The van der Waals surface area contributed by atoms with Gasteiger partial charge in [-0.15, -0.1) is 0 Å². The van der Waals surface area contributed by atoms with Crippen LogP contribution in [0.2, 0.25) is 0 Å². The molecular formula is C14H17N3S. The van der Waals surface area contributed by atoms with E-state index in [-0.39, 0.29) is 0 Å². The predicted octanol–water partition coefficient (Wildman–Crippen LogP) is 3.20. The summed E-state index contributed by atoms with van der Waals surface area (Å²) < 4.78 is 0. The van der Waals surface area contributed by atoms with E-state index in [9.17, 15) is 0 Å². The van der Waals surface area contributed by atoms with Gasteiger partial charge in [-0.2, -0.15) is 11.3 Å². The largest absolute Gasteiger partial charge is 0.397 e. The normalized spacial score (nSPS) is 14.7. The Morgan fingerprint density at radius 2 is 2.33 bits per heavy atom. The van der Waals surface area contributed by atoms with E-state index >= 15 is 0 Å². The molecule has 18 heavy (non-hydrogen) atoms. The molecule has 0 spiro atoms. The third-order valence-electron chi connectivity index (χ3n) is 3.35. The highest BCUT2D eigenvalue weighted by Crippen LogP contribution is 2.33. The fourth-order valence-electron chi connectivity index (χ4n) is 2.07. The molecule has 1 aliphatic carbocycles. The van der Waals surface area contributed by atoms with Gasteiger partial charge in [0.2, 0.25) is 0 Å². The Labute approximate surface area is 111 Å². The number of pyridine rings is 1. The first-order chi connectivity index (χ1) is 8.74. The number of aromatic nitrogens is 1. The highest BCUT2D eigenvalue weighted by atomic mass is 32.1. The Balaban J connectivity index is 1.86. The zero-order valence-electron chi connectivity index (χ0n) is 10.5. The van der Waals surface area contributed by atoms with Crippen LogP contribution in [0.5, 0.6) is 0 Å². The van der Waals surface area contributed by atoms with Crippen LogP contribution in [0.1, 0.15) is 24.0 Å². The van der Waals surface area contributed by atoms with Gasteiger partial charge >= 0.3 is 0 Å². The summed E-state index contributed by atoms with van der Waals surface area (Å²) in [7, 11) is 0. The molecule has 0 radical (unpaired) electrons. The molecule has 0 amide bonds. The van der Waals surface area contributed by atoms with Gasteiger partial charge in [-0.05, 0) is 53.8 Å². The SMILES string of the molecule is Cc1cc(N(Cc2ccsc2)C2CC2)ncc1N. The third-order valence-corrected chi connectivity index (χ3v) is 4.08. The molecule has 0 saturated heterocycles. The molecule has 0 atom stereocenters. The number of anilines is 2. The summed E-state index contributed by atoms with van der Waals surface area (Å²) in [6, 6.07) is 4.94. The Morgan fingerprint density at radius 1 is 1.50 bits per heavy atom. The highest BCUT2D eigenvalue weighted by molar-refractivity contribution is 7.07. The molecule has 94 valence electrons. The van der Waals surface area contributed by atoms with Crippen molar-refractivity contribution in [3.63, 3.8) is 0 Å². The third kappa shape index (κ3) is 2.34. The van der Waals surface area contributed by atoms with Crippen molar-refractivity contribution in [2.75, 3.05) is 10.6 Å². The van der Waals surface area contributed by atoms with E-state index in [1.165, 1.54) is 18.4 Å². The Kier molecular flexibility index (Phi) is 2.96. The molecule has 0 aliphatic heterocycles. The maximum absolute atomic E-state index is 5.84. The minimum Gasteiger partial charge on any atom is -0.397 e. The summed E-state index contributed by atoms with van der Waals surface area (Å²) in [4.78, 5) is 6.88. The summed E-state index contributed by atoms with van der Waals surface area (Å²) in [6.45, 7) is 2.99. The molecule has 1 aliphatic rings. The second-order valence-electron chi connectivity index (χ2n) is 4.89. The highest BCUT2D eigenvalue weighted by Gasteiger charge is 2.30. The first kappa shape index (κ1) is 11.5. The van der Waals surface area contributed by atoms with Crippen molar-refractivity contribution in [3.8, 4) is 0 Å². The number of hydrogen-bond donors (Lipinski definition) is 1. The van der Waals surface area contributed by atoms with Crippen LogP contribution in [0, 0.1) is 6.92 Å². The maximum atomic E-state index is 5.84. The summed E-state index contributed by atoms with van der Waals surface area (Å²) in [6.07, 6.45) is 4.32. The van der Waals surface area contributed by atoms with Gasteiger partial charge in [0.25, 0.3) is 0 Å². The van der Waals surface area contributed by atoms with E-state index in [0.29, 0.717) is 6.04 Å². The number of rotatable bonds is 4. The van der Waals surface area contributed by atoms with E-state index in [1.807, 2.05) is 6.92 Å². The topological polar surface area (TPSA) is 42.2 Å². The van der Waals surface area contributed by atoms with Gasteiger partial charge in [0.1, 0.15) is 5.82 Å². The maximum Gasteiger partial charge on any atom is 0.129 e. The van der Waals surface area contributed by atoms with Crippen LogP contribution >= 0.6 is 11.3 Å². The molecule has 3 rings (SSSR count). The molecule has 2 heterocycles. The van der Waals surface area contributed by atoms with Gasteiger partial charge in [-0.1, -0.05) is 0 Å². The van der Waals surface area contributed by atoms with Crippen LogP contribution < -0.4 is 10.6 Å². The van der Waals surface area contributed by atoms with Crippen molar-refractivity contribution in [2.45, 2.75) is 32.4 Å². The number of thiophene rings is 1. The van der Waals surface area contributed by atoms with Crippen LogP contribution in [-0.2, 0) is 6.54 Å². The van der Waals surface area contributed by atoms with E-state index in [2.05, 4.69) is 32.8 Å². The number of nitrogens with zero attached hydrogens (tertiary/aromatic N) is 2. The fraction of sp³-hybridized carbons (Fsp3) is 0.357. The predicted molar refractivity (Wildman–Crippen MR) is 76.9 cm³/mol. The van der Waals surface area contributed by atoms with Crippen LogP contribution in [0.25, 0.3) is 0 Å². The lowest BCUT2D eigenvalue weighted by molar-refractivity contribution is 0.780. The van der Waals surface area contributed by atoms with E-state index in [0.717, 1.165) is 23.6 Å². The Hall–Kier alpha value is -1.55. The first-order valence-electron chi connectivity index (χ1n) is 6.24. The van der Waals surface area contributed by atoms with Crippen LogP contribution in [0.15, 0.2) is 29.1 Å². The minimum atomic E-state index is 0.653. The van der Waals surface area contributed by atoms with Crippen LogP contribution in [0.4, 0.5) is 11.5 Å². The minimum absolute atomic E-state index is 0.653. The summed E-state index contributed by atoms with van der Waals surface area (Å²) in [5.74, 6) is 1.05. The van der Waals surface area contributed by atoms with Crippen molar-refractivity contribution < 1.29 is 0 Å². The van der Waals surface area contributed by atoms with Gasteiger partial charge < -0.3 is 10.6 Å². The van der Waals surface area contributed by atoms with Crippen molar-refractivity contribution in [1.82, 2.24) is 4.98 Å². The summed E-state index contributed by atoms with van der Waals surface area (Å²) >= 11 is 1.75. The second-order valence-corrected chi connectivity index (χ2v) is 5.67. The van der Waals surface area contributed by atoms with Gasteiger partial charge in [0, 0.05) is 12.6 Å². The molecule has 2 aromatic heterocycles. The van der Waals surface area contributed by atoms with Crippen molar-refractivity contribution in [1.29, 1.82) is 0 Å². The second kappa shape index (κ2) is 4.61. The Morgan fingerprint density at radius 3 is 2.94 bits per heavy atom. The molecule has 0 unspecified atom stereocenters. The first-order valence-corrected chi connectivity index (χ1v) is 7.18. The Bertz CT molecular complexity index is 532. The van der Waals surface area contributed by atoms with Gasteiger partial charge in [-0.3, -0.25) is 0 Å². The average Bonchev–Trinajstić information content (AvgIpc) is 3.07. The lowest BCUT2D eigenvalue weighted by Gasteiger charge is -2.23. The smallest absolute Gasteiger partial charge is 0.129 e. The van der Waals surface area contributed by atoms with E-state index < -0.39 is 0 Å². The molecule has 2 aromatic rings. The van der Waals surface area contributed by atoms with Crippen molar-refractivity contribution in [3.05, 3.63) is 40.2 Å². The van der Waals surface area contributed by atoms with Crippen LogP contribution in [-0.4, -0.2) is 11.0 Å². The van der Waals surface area contributed by atoms with Crippen LogP contribution in [0.3, 0.4) is 0 Å². The number of nitrogen functional groups attached to an aromatic ring is 1. The van der Waals surface area contributed by atoms with E-state index in [1.54, 1.807) is 17.5 Å².